The smallest absolute Gasteiger partial charge is 0.271 e. The molecule has 0 radical (unpaired) electrons. The second kappa shape index (κ2) is 5.39. The molecule has 0 saturated heterocycles. The van der Waals surface area contributed by atoms with Gasteiger partial charge >= 0.3 is 0 Å². The van der Waals surface area contributed by atoms with Crippen LogP contribution in [0.25, 0.3) is 0 Å². The van der Waals surface area contributed by atoms with E-state index in [0.717, 1.165) is 11.3 Å². The molecule has 1 aromatic carbocycles. The fourth-order valence-electron chi connectivity index (χ4n) is 1.30. The molecule has 0 fully saturated rings. The van der Waals surface area contributed by atoms with Crippen molar-refractivity contribution in [2.45, 2.75) is 4.21 Å². The Hall–Kier alpha value is -1.26. The van der Waals surface area contributed by atoms with Crippen LogP contribution >= 0.6 is 34.5 Å². The normalized spacial score (nSPS) is 11.0. The Morgan fingerprint density at radius 3 is 2.47 bits per heavy atom. The molecule has 2 aromatic rings. The average Bonchev–Trinajstić information content (AvgIpc) is 2.79. The minimum Gasteiger partial charge on any atom is -0.277 e. The molecule has 4 nitrogen and oxygen atoms in total. The summed E-state index contributed by atoms with van der Waals surface area (Å²) in [5, 5.41) is 8.86. The number of benzene rings is 1. The number of rotatable bonds is 3. The second-order valence-corrected chi connectivity index (χ2v) is 7.50. The maximum absolute atomic E-state index is 12.0. The van der Waals surface area contributed by atoms with Crippen molar-refractivity contribution in [3.63, 3.8) is 0 Å². The van der Waals surface area contributed by atoms with Gasteiger partial charge in [0.2, 0.25) is 0 Å². The van der Waals surface area contributed by atoms with Crippen LogP contribution in [0.3, 0.4) is 0 Å². The number of hydrogen-bond acceptors (Lipinski definition) is 4. The average molecular weight is 333 g/mol. The van der Waals surface area contributed by atoms with E-state index in [1.54, 1.807) is 0 Å². The van der Waals surface area contributed by atoms with Crippen molar-refractivity contribution < 1.29 is 8.42 Å². The Bertz CT molecular complexity index is 763. The van der Waals surface area contributed by atoms with Gasteiger partial charge in [-0.15, -0.1) is 11.3 Å². The lowest BCUT2D eigenvalue weighted by molar-refractivity contribution is 0.603. The van der Waals surface area contributed by atoms with Gasteiger partial charge in [-0.05, 0) is 30.3 Å². The second-order valence-electron chi connectivity index (χ2n) is 3.47. The highest BCUT2D eigenvalue weighted by molar-refractivity contribution is 7.94. The maximum Gasteiger partial charge on any atom is 0.271 e. The molecule has 0 unspecified atom stereocenters. The molecule has 19 heavy (non-hydrogen) atoms. The van der Waals surface area contributed by atoms with E-state index in [2.05, 4.69) is 4.72 Å². The van der Waals surface area contributed by atoms with Crippen LogP contribution in [0.4, 0.5) is 5.69 Å². The first-order valence-corrected chi connectivity index (χ1v) is 7.96. The Labute approximate surface area is 124 Å². The first-order valence-electron chi connectivity index (χ1n) is 4.90. The Balaban J connectivity index is 2.34. The van der Waals surface area contributed by atoms with Crippen molar-refractivity contribution in [1.82, 2.24) is 0 Å². The minimum atomic E-state index is -3.72. The highest BCUT2D eigenvalue weighted by Crippen LogP contribution is 2.29. The highest BCUT2D eigenvalue weighted by atomic mass is 35.5. The van der Waals surface area contributed by atoms with Crippen LogP contribution in [0.5, 0.6) is 0 Å². The van der Waals surface area contributed by atoms with Crippen molar-refractivity contribution in [2.24, 2.45) is 0 Å². The maximum atomic E-state index is 12.0. The number of thiophene rings is 1. The fraction of sp³-hybridized carbons (Fsp3) is 0. The summed E-state index contributed by atoms with van der Waals surface area (Å²) in [6.07, 6.45) is 0. The minimum absolute atomic E-state index is 0.0953. The molecule has 0 amide bonds. The highest BCUT2D eigenvalue weighted by Gasteiger charge is 2.18. The predicted molar refractivity (Wildman–Crippen MR) is 76.3 cm³/mol. The van der Waals surface area contributed by atoms with Gasteiger partial charge in [-0.25, -0.2) is 8.42 Å². The first-order chi connectivity index (χ1) is 8.92. The molecule has 0 aliphatic rings. The first kappa shape index (κ1) is 14.2. The Morgan fingerprint density at radius 1 is 1.21 bits per heavy atom. The van der Waals surface area contributed by atoms with Crippen molar-refractivity contribution >= 4 is 50.2 Å². The van der Waals surface area contributed by atoms with Gasteiger partial charge in [0.05, 0.1) is 26.7 Å². The zero-order valence-electron chi connectivity index (χ0n) is 9.22. The van der Waals surface area contributed by atoms with E-state index in [4.69, 9.17) is 28.5 Å². The molecule has 1 heterocycles. The molecule has 2 rings (SSSR count). The van der Waals surface area contributed by atoms with Crippen molar-refractivity contribution in [3.05, 3.63) is 45.3 Å². The lowest BCUT2D eigenvalue weighted by atomic mass is 10.2. The van der Waals surface area contributed by atoms with Crippen LogP contribution in [0.1, 0.15) is 5.56 Å². The van der Waals surface area contributed by atoms with Gasteiger partial charge in [0.1, 0.15) is 4.21 Å². The van der Waals surface area contributed by atoms with Crippen molar-refractivity contribution in [3.8, 4) is 6.07 Å². The predicted octanol–water partition coefficient (Wildman–Crippen LogP) is 3.73. The molecule has 0 bridgehead atoms. The monoisotopic (exact) mass is 332 g/mol. The van der Waals surface area contributed by atoms with Gasteiger partial charge in [-0.1, -0.05) is 23.2 Å². The van der Waals surface area contributed by atoms with Gasteiger partial charge in [-0.3, -0.25) is 4.72 Å². The third-order valence-corrected chi connectivity index (χ3v) is 5.56. The summed E-state index contributed by atoms with van der Waals surface area (Å²) in [5.74, 6) is 0. The summed E-state index contributed by atoms with van der Waals surface area (Å²) in [4.78, 5) is 0. The molecule has 0 saturated carbocycles. The summed E-state index contributed by atoms with van der Waals surface area (Å²) < 4.78 is 26.9. The molecule has 0 aliphatic heterocycles. The topological polar surface area (TPSA) is 70.0 Å². The van der Waals surface area contributed by atoms with E-state index in [0.29, 0.717) is 9.90 Å². The van der Waals surface area contributed by atoms with Crippen LogP contribution < -0.4 is 4.72 Å². The van der Waals surface area contributed by atoms with Crippen LogP contribution in [0.15, 0.2) is 34.5 Å². The number of hydrogen-bond donors (Lipinski definition) is 1. The molecule has 8 heteroatoms. The van der Waals surface area contributed by atoms with E-state index in [1.807, 2.05) is 6.07 Å². The third-order valence-electron chi connectivity index (χ3n) is 2.16. The molecule has 98 valence electrons. The van der Waals surface area contributed by atoms with Gasteiger partial charge in [0.25, 0.3) is 10.0 Å². The Morgan fingerprint density at radius 2 is 1.95 bits per heavy atom. The standard InChI is InChI=1S/C11H6Cl2N2O2S2/c12-8-5-7(6-14)1-2-9(8)15-19(16,17)11-4-3-10(13)18-11/h1-5,15H. The molecule has 0 spiro atoms. The number of sulfonamides is 1. The third kappa shape index (κ3) is 3.19. The summed E-state index contributed by atoms with van der Waals surface area (Å²) in [6, 6.07) is 9.13. The number of nitriles is 1. The van der Waals surface area contributed by atoms with Gasteiger partial charge in [0, 0.05) is 0 Å². The zero-order valence-corrected chi connectivity index (χ0v) is 12.4. The summed E-state index contributed by atoms with van der Waals surface area (Å²) >= 11 is 12.6. The molecule has 1 N–H and O–H groups in total. The van der Waals surface area contributed by atoms with E-state index < -0.39 is 10.0 Å². The van der Waals surface area contributed by atoms with Crippen LogP contribution in [-0.2, 0) is 10.0 Å². The van der Waals surface area contributed by atoms with Crippen LogP contribution in [0, 0.1) is 11.3 Å². The molecule has 0 aliphatic carbocycles. The molecule has 1 aromatic heterocycles. The number of halogens is 2. The number of nitrogens with zero attached hydrogens (tertiary/aromatic N) is 1. The SMILES string of the molecule is N#Cc1ccc(NS(=O)(=O)c2ccc(Cl)s2)c(Cl)c1. The zero-order chi connectivity index (χ0) is 14.0. The molecule has 0 atom stereocenters. The van der Waals surface area contributed by atoms with Crippen molar-refractivity contribution in [2.75, 3.05) is 4.72 Å². The quantitative estimate of drug-likeness (QED) is 0.930. The van der Waals surface area contributed by atoms with E-state index >= 15 is 0 Å². The van der Waals surface area contributed by atoms with Crippen molar-refractivity contribution in [1.29, 1.82) is 5.26 Å². The van der Waals surface area contributed by atoms with E-state index in [9.17, 15) is 8.42 Å². The lowest BCUT2D eigenvalue weighted by Crippen LogP contribution is -2.11. The van der Waals surface area contributed by atoms with Crippen LogP contribution in [0.2, 0.25) is 9.36 Å². The summed E-state index contributed by atoms with van der Waals surface area (Å²) in [5.41, 5.74) is 0.567. The Kier molecular flexibility index (Phi) is 4.02. The van der Waals surface area contributed by atoms with E-state index in [1.165, 1.54) is 30.3 Å². The number of anilines is 1. The van der Waals surface area contributed by atoms with E-state index in [-0.39, 0.29) is 14.9 Å². The fourth-order valence-corrected chi connectivity index (χ4v) is 4.15. The largest absolute Gasteiger partial charge is 0.277 e. The molecular formula is C11H6Cl2N2O2S2. The van der Waals surface area contributed by atoms with Gasteiger partial charge < -0.3 is 0 Å². The van der Waals surface area contributed by atoms with Crippen LogP contribution in [-0.4, -0.2) is 8.42 Å². The molecular weight excluding hydrogens is 327 g/mol. The number of nitrogens with one attached hydrogen (secondary N) is 1. The lowest BCUT2D eigenvalue weighted by Gasteiger charge is -2.08. The van der Waals surface area contributed by atoms with Gasteiger partial charge in [-0.2, -0.15) is 5.26 Å². The van der Waals surface area contributed by atoms with Gasteiger partial charge in [0.15, 0.2) is 0 Å². The summed E-state index contributed by atoms with van der Waals surface area (Å²) in [7, 11) is -3.72. The summed E-state index contributed by atoms with van der Waals surface area (Å²) in [6.45, 7) is 0.